The molecule has 1 aromatic heterocycles. The highest BCUT2D eigenvalue weighted by atomic mass is 32.2. The number of nitrogens with zero attached hydrogens (tertiary/aromatic N) is 1. The largest absolute Gasteiger partial charge is 0.492 e. The fourth-order valence-electron chi connectivity index (χ4n) is 5.83. The van der Waals surface area contributed by atoms with E-state index in [0.717, 1.165) is 32.5 Å². The van der Waals surface area contributed by atoms with E-state index in [1.54, 1.807) is 66.7 Å². The van der Waals surface area contributed by atoms with Crippen LogP contribution in [0.15, 0.2) is 76.5 Å². The standard InChI is InChI=1S/C36H43NO6S3/c1-3-5-24-45(39,40)29-18-19-30-32(26-29)44-36(31-12-8-9-13-33(31)46(41,42)25-6-4-2)34(30)35(38)27-14-16-28(17-15-27)43-23-22-37-20-10-7-11-21-37/h8-9,12-19,26H,3-7,10-11,20-25H2,1-2H3. The van der Waals surface area contributed by atoms with Crippen LogP contribution in [-0.4, -0.2) is 65.3 Å². The third kappa shape index (κ3) is 7.90. The minimum absolute atomic E-state index is 0.00767. The molecule has 0 spiro atoms. The average molecular weight is 682 g/mol. The van der Waals surface area contributed by atoms with Crippen molar-refractivity contribution in [1.82, 2.24) is 4.90 Å². The van der Waals surface area contributed by atoms with Crippen molar-refractivity contribution in [2.24, 2.45) is 0 Å². The monoisotopic (exact) mass is 681 g/mol. The third-order valence-electron chi connectivity index (χ3n) is 8.49. The van der Waals surface area contributed by atoms with E-state index in [-0.39, 0.29) is 27.1 Å². The number of likely N-dealkylation sites (tertiary alicyclic amines) is 1. The van der Waals surface area contributed by atoms with Crippen LogP contribution in [0.2, 0.25) is 0 Å². The Hall–Kier alpha value is -3.05. The van der Waals surface area contributed by atoms with Crippen molar-refractivity contribution in [3.8, 4) is 16.2 Å². The fourth-order valence-corrected chi connectivity index (χ4v) is 10.4. The molecule has 0 atom stereocenters. The Morgan fingerprint density at radius 1 is 0.826 bits per heavy atom. The molecule has 5 rings (SSSR count). The number of ketones is 1. The smallest absolute Gasteiger partial charge is 0.195 e. The van der Waals surface area contributed by atoms with Gasteiger partial charge in [0.25, 0.3) is 0 Å². The summed E-state index contributed by atoms with van der Waals surface area (Å²) in [6, 6.07) is 18.7. The minimum atomic E-state index is -3.63. The van der Waals surface area contributed by atoms with Gasteiger partial charge in [0.1, 0.15) is 12.4 Å². The SMILES string of the molecule is CCCCS(=O)(=O)c1ccc2c(C(=O)c3ccc(OCCN4CCCCC4)cc3)c(-c3ccccc3S(=O)(=O)CCCC)sc2c1. The number of benzene rings is 3. The number of hydrogen-bond donors (Lipinski definition) is 0. The zero-order valence-electron chi connectivity index (χ0n) is 26.7. The van der Waals surface area contributed by atoms with Crippen LogP contribution < -0.4 is 4.74 Å². The van der Waals surface area contributed by atoms with E-state index in [9.17, 15) is 21.6 Å². The van der Waals surface area contributed by atoms with E-state index in [1.165, 1.54) is 30.6 Å². The van der Waals surface area contributed by atoms with Crippen molar-refractivity contribution in [2.75, 3.05) is 37.7 Å². The molecular weight excluding hydrogens is 639 g/mol. The van der Waals surface area contributed by atoms with Gasteiger partial charge in [-0.1, -0.05) is 57.4 Å². The Bertz CT molecular complexity index is 1870. The Kier molecular flexibility index (Phi) is 11.4. The van der Waals surface area contributed by atoms with Gasteiger partial charge in [0.15, 0.2) is 25.5 Å². The van der Waals surface area contributed by atoms with Gasteiger partial charge in [-0.3, -0.25) is 9.69 Å². The maximum absolute atomic E-state index is 14.3. The number of ether oxygens (including phenoxy) is 1. The molecule has 0 bridgehead atoms. The highest BCUT2D eigenvalue weighted by Crippen LogP contribution is 2.43. The van der Waals surface area contributed by atoms with Gasteiger partial charge < -0.3 is 4.74 Å². The second-order valence-electron chi connectivity index (χ2n) is 11.9. The molecule has 0 amide bonds. The molecule has 3 aromatic carbocycles. The lowest BCUT2D eigenvalue weighted by Crippen LogP contribution is -2.33. The van der Waals surface area contributed by atoms with E-state index < -0.39 is 19.7 Å². The summed E-state index contributed by atoms with van der Waals surface area (Å²) in [5, 5.41) is 0.599. The van der Waals surface area contributed by atoms with Crippen molar-refractivity contribution >= 4 is 46.9 Å². The topological polar surface area (TPSA) is 97.8 Å². The molecule has 0 saturated carbocycles. The maximum Gasteiger partial charge on any atom is 0.195 e. The summed E-state index contributed by atoms with van der Waals surface area (Å²) in [5.41, 5.74) is 1.26. The first kappa shape index (κ1) is 34.3. The number of carbonyl (C=O) groups excluding carboxylic acids is 1. The summed E-state index contributed by atoms with van der Waals surface area (Å²) < 4.78 is 59.7. The van der Waals surface area contributed by atoms with Gasteiger partial charge in [0.05, 0.1) is 21.3 Å². The zero-order valence-corrected chi connectivity index (χ0v) is 29.1. The van der Waals surface area contributed by atoms with Crippen LogP contribution in [0.25, 0.3) is 20.5 Å². The molecule has 0 N–H and O–H groups in total. The van der Waals surface area contributed by atoms with Crippen molar-refractivity contribution in [2.45, 2.75) is 68.6 Å². The molecule has 7 nitrogen and oxygen atoms in total. The first-order valence-electron chi connectivity index (χ1n) is 16.3. The Balaban J connectivity index is 1.54. The molecule has 0 radical (unpaired) electrons. The van der Waals surface area contributed by atoms with Gasteiger partial charge in [-0.2, -0.15) is 0 Å². The average Bonchev–Trinajstić information content (AvgIpc) is 3.46. The summed E-state index contributed by atoms with van der Waals surface area (Å²) in [4.78, 5) is 17.6. The summed E-state index contributed by atoms with van der Waals surface area (Å²) >= 11 is 1.26. The molecule has 46 heavy (non-hydrogen) atoms. The highest BCUT2D eigenvalue weighted by molar-refractivity contribution is 7.91. The fraction of sp³-hybridized carbons (Fsp3) is 0.417. The number of fused-ring (bicyclic) bond motifs is 1. The number of sulfone groups is 2. The van der Waals surface area contributed by atoms with Crippen LogP contribution in [0.5, 0.6) is 5.75 Å². The molecular formula is C36H43NO6S3. The van der Waals surface area contributed by atoms with Crippen LogP contribution in [-0.2, 0) is 19.7 Å². The molecule has 4 aromatic rings. The van der Waals surface area contributed by atoms with Gasteiger partial charge in [0.2, 0.25) is 0 Å². The lowest BCUT2D eigenvalue weighted by molar-refractivity contribution is 0.104. The normalized spacial score (nSPS) is 14.5. The van der Waals surface area contributed by atoms with Crippen LogP contribution in [0.3, 0.4) is 0 Å². The predicted molar refractivity (Wildman–Crippen MR) is 187 cm³/mol. The van der Waals surface area contributed by atoms with Gasteiger partial charge >= 0.3 is 0 Å². The number of hydrogen-bond acceptors (Lipinski definition) is 8. The van der Waals surface area contributed by atoms with Crippen molar-refractivity contribution in [1.29, 1.82) is 0 Å². The van der Waals surface area contributed by atoms with E-state index >= 15 is 0 Å². The number of rotatable bonds is 15. The number of thiophene rings is 1. The van der Waals surface area contributed by atoms with Gasteiger partial charge in [0, 0.05) is 38.2 Å². The second kappa shape index (κ2) is 15.2. The van der Waals surface area contributed by atoms with Crippen molar-refractivity contribution in [3.05, 3.63) is 77.9 Å². The maximum atomic E-state index is 14.3. The predicted octanol–water partition coefficient (Wildman–Crippen LogP) is 7.81. The van der Waals surface area contributed by atoms with E-state index in [1.807, 2.05) is 13.8 Å². The Morgan fingerprint density at radius 2 is 1.50 bits per heavy atom. The zero-order chi connectivity index (χ0) is 32.7. The van der Waals surface area contributed by atoms with E-state index in [2.05, 4.69) is 4.90 Å². The molecule has 0 unspecified atom stereocenters. The quantitative estimate of drug-likeness (QED) is 0.118. The summed E-state index contributed by atoms with van der Waals surface area (Å²) in [5.74, 6) is 0.472. The number of carbonyl (C=O) groups is 1. The molecule has 2 heterocycles. The van der Waals surface area contributed by atoms with Crippen LogP contribution in [0, 0.1) is 0 Å². The lowest BCUT2D eigenvalue weighted by Gasteiger charge is -2.26. The van der Waals surface area contributed by atoms with Crippen LogP contribution >= 0.6 is 11.3 Å². The van der Waals surface area contributed by atoms with Gasteiger partial charge in [-0.05, 0) is 81.2 Å². The molecule has 1 aliphatic heterocycles. The van der Waals surface area contributed by atoms with Crippen LogP contribution in [0.1, 0.15) is 74.7 Å². The van der Waals surface area contributed by atoms with Crippen molar-refractivity contribution < 1.29 is 26.4 Å². The van der Waals surface area contributed by atoms with Gasteiger partial charge in [-0.25, -0.2) is 16.8 Å². The summed E-state index contributed by atoms with van der Waals surface area (Å²) in [7, 11) is -7.14. The molecule has 246 valence electrons. The Labute approximate surface area is 277 Å². The van der Waals surface area contributed by atoms with Crippen molar-refractivity contribution in [3.63, 3.8) is 0 Å². The third-order valence-corrected chi connectivity index (χ3v) is 13.3. The molecule has 1 aliphatic rings. The minimum Gasteiger partial charge on any atom is -0.492 e. The summed E-state index contributed by atoms with van der Waals surface area (Å²) in [6.45, 7) is 7.52. The van der Waals surface area contributed by atoms with Gasteiger partial charge in [-0.15, -0.1) is 11.3 Å². The molecule has 0 aliphatic carbocycles. The highest BCUT2D eigenvalue weighted by Gasteiger charge is 2.27. The lowest BCUT2D eigenvalue weighted by atomic mass is 9.97. The second-order valence-corrected chi connectivity index (χ2v) is 17.1. The Morgan fingerprint density at radius 3 is 2.20 bits per heavy atom. The molecule has 10 heteroatoms. The van der Waals surface area contributed by atoms with E-state index in [4.69, 9.17) is 4.74 Å². The number of piperidine rings is 1. The van der Waals surface area contributed by atoms with E-state index in [0.29, 0.717) is 56.9 Å². The number of unbranched alkanes of at least 4 members (excludes halogenated alkanes) is 2. The first-order valence-corrected chi connectivity index (χ1v) is 20.4. The molecule has 1 fully saturated rings. The molecule has 1 saturated heterocycles. The first-order chi connectivity index (χ1) is 22.1. The summed E-state index contributed by atoms with van der Waals surface area (Å²) in [6.07, 6.45) is 6.31. The van der Waals surface area contributed by atoms with Crippen LogP contribution in [0.4, 0.5) is 0 Å².